The predicted molar refractivity (Wildman–Crippen MR) is 101 cm³/mol. The number of sulfone groups is 1. The highest BCUT2D eigenvalue weighted by Gasteiger charge is 2.16. The summed E-state index contributed by atoms with van der Waals surface area (Å²) in [4.78, 5) is 0.124. The molecule has 0 aliphatic rings. The molecule has 0 saturated heterocycles. The van der Waals surface area contributed by atoms with Crippen LogP contribution in [0.3, 0.4) is 0 Å². The van der Waals surface area contributed by atoms with Gasteiger partial charge in [0.1, 0.15) is 29.6 Å². The van der Waals surface area contributed by atoms with Crippen molar-refractivity contribution in [3.63, 3.8) is 0 Å². The second kappa shape index (κ2) is 8.06. The van der Waals surface area contributed by atoms with Crippen LogP contribution in [0.2, 0.25) is 0 Å². The lowest BCUT2D eigenvalue weighted by atomic mass is 10.2. The molecule has 0 spiro atoms. The molecule has 0 bridgehead atoms. The first-order chi connectivity index (χ1) is 12.5. The lowest BCUT2D eigenvalue weighted by Gasteiger charge is -2.13. The average molecular weight is 368 g/mol. The molecule has 4 nitrogen and oxygen atoms in total. The van der Waals surface area contributed by atoms with Crippen LogP contribution >= 0.6 is 0 Å². The van der Waals surface area contributed by atoms with Gasteiger partial charge in [0.15, 0.2) is 9.84 Å². The molecule has 3 rings (SSSR count). The normalized spacial score (nSPS) is 11.1. The Balaban J connectivity index is 1.77. The van der Waals surface area contributed by atoms with E-state index in [9.17, 15) is 8.42 Å². The quantitative estimate of drug-likeness (QED) is 0.626. The SMILES string of the molecule is CS(=O)(=O)c1cc(OCc2ccccc2)ccc1OCc1ccccc1. The monoisotopic (exact) mass is 368 g/mol. The Labute approximate surface area is 153 Å². The first kappa shape index (κ1) is 18.0. The van der Waals surface area contributed by atoms with Gasteiger partial charge in [0.05, 0.1) is 0 Å². The van der Waals surface area contributed by atoms with E-state index in [0.29, 0.717) is 24.7 Å². The van der Waals surface area contributed by atoms with Crippen LogP contribution in [0, 0.1) is 0 Å². The molecule has 134 valence electrons. The van der Waals surface area contributed by atoms with Gasteiger partial charge in [-0.3, -0.25) is 0 Å². The van der Waals surface area contributed by atoms with E-state index in [1.54, 1.807) is 12.1 Å². The van der Waals surface area contributed by atoms with Gasteiger partial charge in [0.25, 0.3) is 0 Å². The number of hydrogen-bond donors (Lipinski definition) is 0. The first-order valence-electron chi connectivity index (χ1n) is 8.20. The van der Waals surface area contributed by atoms with Crippen molar-refractivity contribution < 1.29 is 17.9 Å². The molecule has 3 aromatic carbocycles. The smallest absolute Gasteiger partial charge is 0.179 e. The highest BCUT2D eigenvalue weighted by Crippen LogP contribution is 2.29. The van der Waals surface area contributed by atoms with Crippen LogP contribution in [0.25, 0.3) is 0 Å². The average Bonchev–Trinajstić information content (AvgIpc) is 2.66. The zero-order valence-electron chi connectivity index (χ0n) is 14.5. The third-order valence-electron chi connectivity index (χ3n) is 3.80. The summed E-state index contributed by atoms with van der Waals surface area (Å²) >= 11 is 0. The third kappa shape index (κ3) is 4.86. The van der Waals surface area contributed by atoms with E-state index < -0.39 is 9.84 Å². The van der Waals surface area contributed by atoms with Gasteiger partial charge in [-0.15, -0.1) is 0 Å². The second-order valence-corrected chi connectivity index (χ2v) is 7.91. The lowest BCUT2D eigenvalue weighted by Crippen LogP contribution is -2.04. The predicted octanol–water partition coefficient (Wildman–Crippen LogP) is 4.25. The van der Waals surface area contributed by atoms with Gasteiger partial charge in [0.2, 0.25) is 0 Å². The van der Waals surface area contributed by atoms with Gasteiger partial charge >= 0.3 is 0 Å². The molecule has 3 aromatic rings. The Hall–Kier alpha value is -2.79. The molecule has 0 radical (unpaired) electrons. The molecule has 5 heteroatoms. The van der Waals surface area contributed by atoms with Crippen molar-refractivity contribution in [2.24, 2.45) is 0 Å². The molecule has 0 aromatic heterocycles. The topological polar surface area (TPSA) is 52.6 Å². The Morgan fingerprint density at radius 3 is 1.81 bits per heavy atom. The molecule has 0 saturated carbocycles. The van der Waals surface area contributed by atoms with E-state index in [2.05, 4.69) is 0 Å². The number of rotatable bonds is 7. The minimum Gasteiger partial charge on any atom is -0.489 e. The second-order valence-electron chi connectivity index (χ2n) is 5.93. The van der Waals surface area contributed by atoms with Crippen molar-refractivity contribution in [2.45, 2.75) is 18.1 Å². The molecule has 0 atom stereocenters. The van der Waals surface area contributed by atoms with Crippen molar-refractivity contribution in [2.75, 3.05) is 6.26 Å². The molecule has 0 aliphatic heterocycles. The van der Waals surface area contributed by atoms with E-state index in [-0.39, 0.29) is 4.90 Å². The van der Waals surface area contributed by atoms with Crippen LogP contribution in [-0.4, -0.2) is 14.7 Å². The molecule has 0 fully saturated rings. The molecule has 0 N–H and O–H groups in total. The van der Waals surface area contributed by atoms with Crippen LogP contribution in [0.1, 0.15) is 11.1 Å². The van der Waals surface area contributed by atoms with Crippen molar-refractivity contribution in [3.05, 3.63) is 90.0 Å². The fourth-order valence-electron chi connectivity index (χ4n) is 2.46. The molecule has 26 heavy (non-hydrogen) atoms. The van der Waals surface area contributed by atoms with Crippen molar-refractivity contribution in [1.29, 1.82) is 0 Å². The fourth-order valence-corrected chi connectivity index (χ4v) is 3.29. The van der Waals surface area contributed by atoms with Crippen LogP contribution in [0.15, 0.2) is 83.8 Å². The molecular formula is C21H20O4S. The summed E-state index contributed by atoms with van der Waals surface area (Å²) in [6, 6.07) is 24.2. The van der Waals surface area contributed by atoms with Crippen LogP contribution in [-0.2, 0) is 23.1 Å². The summed E-state index contributed by atoms with van der Waals surface area (Å²) < 4.78 is 35.8. The molecule has 0 heterocycles. The summed E-state index contributed by atoms with van der Waals surface area (Å²) in [5, 5.41) is 0. The molecule has 0 amide bonds. The first-order valence-corrected chi connectivity index (χ1v) is 10.1. The Morgan fingerprint density at radius 1 is 0.731 bits per heavy atom. The summed E-state index contributed by atoms with van der Waals surface area (Å²) in [6.45, 7) is 0.668. The Kier molecular flexibility index (Phi) is 5.58. The Bertz CT molecular complexity index is 952. The van der Waals surface area contributed by atoms with E-state index in [1.807, 2.05) is 60.7 Å². The minimum absolute atomic E-state index is 0.124. The maximum absolute atomic E-state index is 12.2. The minimum atomic E-state index is -3.45. The van der Waals surface area contributed by atoms with Crippen LogP contribution < -0.4 is 9.47 Å². The number of ether oxygens (including phenoxy) is 2. The molecular weight excluding hydrogens is 348 g/mol. The van der Waals surface area contributed by atoms with E-state index >= 15 is 0 Å². The van der Waals surface area contributed by atoms with Gasteiger partial charge in [-0.25, -0.2) is 8.42 Å². The molecule has 0 unspecified atom stereocenters. The summed E-state index contributed by atoms with van der Waals surface area (Å²) in [7, 11) is -3.45. The van der Waals surface area contributed by atoms with E-state index in [4.69, 9.17) is 9.47 Å². The largest absolute Gasteiger partial charge is 0.489 e. The molecule has 0 aliphatic carbocycles. The summed E-state index contributed by atoms with van der Waals surface area (Å²) in [6.07, 6.45) is 1.17. The van der Waals surface area contributed by atoms with Crippen molar-refractivity contribution >= 4 is 9.84 Å². The maximum Gasteiger partial charge on any atom is 0.179 e. The number of hydrogen-bond acceptors (Lipinski definition) is 4. The zero-order valence-corrected chi connectivity index (χ0v) is 15.3. The lowest BCUT2D eigenvalue weighted by molar-refractivity contribution is 0.290. The van der Waals surface area contributed by atoms with E-state index in [1.165, 1.54) is 12.3 Å². The highest BCUT2D eigenvalue weighted by atomic mass is 32.2. The van der Waals surface area contributed by atoms with Gasteiger partial charge in [0, 0.05) is 12.3 Å². The van der Waals surface area contributed by atoms with Crippen molar-refractivity contribution in [1.82, 2.24) is 0 Å². The zero-order chi connectivity index (χ0) is 18.4. The van der Waals surface area contributed by atoms with Gasteiger partial charge in [-0.2, -0.15) is 0 Å². The van der Waals surface area contributed by atoms with Gasteiger partial charge < -0.3 is 9.47 Å². The summed E-state index contributed by atoms with van der Waals surface area (Å²) in [5.41, 5.74) is 1.98. The van der Waals surface area contributed by atoms with E-state index in [0.717, 1.165) is 11.1 Å². The van der Waals surface area contributed by atoms with Gasteiger partial charge in [-0.1, -0.05) is 60.7 Å². The van der Waals surface area contributed by atoms with Gasteiger partial charge in [-0.05, 0) is 23.3 Å². The maximum atomic E-state index is 12.2. The van der Waals surface area contributed by atoms with Crippen LogP contribution in [0.5, 0.6) is 11.5 Å². The fraction of sp³-hybridized carbons (Fsp3) is 0.143. The Morgan fingerprint density at radius 2 is 1.27 bits per heavy atom. The summed E-state index contributed by atoms with van der Waals surface area (Å²) in [5.74, 6) is 0.810. The third-order valence-corrected chi connectivity index (χ3v) is 4.92. The highest BCUT2D eigenvalue weighted by molar-refractivity contribution is 7.90. The van der Waals surface area contributed by atoms with Crippen molar-refractivity contribution in [3.8, 4) is 11.5 Å². The number of benzene rings is 3. The standard InChI is InChI=1S/C21H20O4S/c1-26(22,23)21-14-19(24-15-17-8-4-2-5-9-17)12-13-20(21)25-16-18-10-6-3-7-11-18/h2-14H,15-16H2,1H3. The van der Waals surface area contributed by atoms with Crippen LogP contribution in [0.4, 0.5) is 0 Å².